The van der Waals surface area contributed by atoms with E-state index >= 15 is 0 Å². The quantitative estimate of drug-likeness (QED) is 0.576. The lowest BCUT2D eigenvalue weighted by atomic mass is 9.84. The van der Waals surface area contributed by atoms with E-state index in [1.807, 2.05) is 38.1 Å². The van der Waals surface area contributed by atoms with Gasteiger partial charge in [0.25, 0.3) is 5.91 Å². The Hall–Kier alpha value is -2.34. The minimum Gasteiger partial charge on any atom is -0.496 e. The van der Waals surface area contributed by atoms with E-state index in [9.17, 15) is 14.7 Å². The molecule has 1 heterocycles. The number of fused-ring (bicyclic) bond motifs is 1. The van der Waals surface area contributed by atoms with Crippen molar-refractivity contribution in [3.05, 3.63) is 57.6 Å². The van der Waals surface area contributed by atoms with Gasteiger partial charge in [-0.15, -0.1) is 0 Å². The number of aliphatic carboxylic acids is 1. The molecule has 0 bridgehead atoms. The molecular formula is C25H30BrNO4. The van der Waals surface area contributed by atoms with Gasteiger partial charge >= 0.3 is 5.97 Å². The van der Waals surface area contributed by atoms with Crippen molar-refractivity contribution in [2.45, 2.75) is 58.4 Å². The van der Waals surface area contributed by atoms with Gasteiger partial charge in [-0.1, -0.05) is 56.6 Å². The van der Waals surface area contributed by atoms with Crippen molar-refractivity contribution in [3.8, 4) is 5.75 Å². The van der Waals surface area contributed by atoms with Crippen LogP contribution in [0.4, 0.5) is 5.69 Å². The maximum atomic E-state index is 13.8. The normalized spacial score (nSPS) is 18.3. The molecule has 1 amide bonds. The van der Waals surface area contributed by atoms with Crippen molar-refractivity contribution in [2.75, 3.05) is 12.0 Å². The van der Waals surface area contributed by atoms with Gasteiger partial charge in [0.15, 0.2) is 0 Å². The standard InChI is InChI=1S/C25H30BrNO4/c1-15(2)13-25(23(29)30)14-17-11-18(26)8-10-20(17)27(25)22(28)16-7-9-19(24(3,4)5)21(12-16)31-6/h7-12,15H,13-14H2,1-6H3,(H,29,30). The zero-order valence-electron chi connectivity index (χ0n) is 19.0. The van der Waals surface area contributed by atoms with Gasteiger partial charge in [0, 0.05) is 22.1 Å². The van der Waals surface area contributed by atoms with Crippen molar-refractivity contribution in [1.82, 2.24) is 0 Å². The molecule has 1 aliphatic rings. The smallest absolute Gasteiger partial charge is 0.330 e. The molecule has 1 N–H and O–H groups in total. The zero-order valence-corrected chi connectivity index (χ0v) is 20.5. The van der Waals surface area contributed by atoms with E-state index in [0.29, 0.717) is 23.4 Å². The molecule has 0 saturated carbocycles. The van der Waals surface area contributed by atoms with Crippen LogP contribution >= 0.6 is 15.9 Å². The highest BCUT2D eigenvalue weighted by Gasteiger charge is 2.53. The number of carboxylic acids is 1. The Morgan fingerprint density at radius 2 is 1.87 bits per heavy atom. The number of amides is 1. The maximum Gasteiger partial charge on any atom is 0.330 e. The molecule has 0 saturated heterocycles. The number of methoxy groups -OCH3 is 1. The van der Waals surface area contributed by atoms with Crippen LogP contribution in [0.1, 0.15) is 62.5 Å². The number of anilines is 1. The molecule has 1 atom stereocenters. The van der Waals surface area contributed by atoms with Crippen LogP contribution in [0.2, 0.25) is 0 Å². The number of carbonyl (C=O) groups is 2. The zero-order chi connectivity index (χ0) is 23.1. The molecule has 31 heavy (non-hydrogen) atoms. The van der Waals surface area contributed by atoms with Crippen LogP contribution in [-0.2, 0) is 16.6 Å². The summed E-state index contributed by atoms with van der Waals surface area (Å²) in [6.45, 7) is 10.2. The Balaban J connectivity index is 2.17. The fraction of sp³-hybridized carbons (Fsp3) is 0.440. The Morgan fingerprint density at radius 1 is 1.19 bits per heavy atom. The predicted molar refractivity (Wildman–Crippen MR) is 126 cm³/mol. The molecule has 2 aromatic rings. The van der Waals surface area contributed by atoms with E-state index in [0.717, 1.165) is 15.6 Å². The van der Waals surface area contributed by atoms with E-state index in [4.69, 9.17) is 4.74 Å². The second-order valence-corrected chi connectivity index (χ2v) is 10.6. The van der Waals surface area contributed by atoms with Crippen LogP contribution in [0.5, 0.6) is 5.75 Å². The van der Waals surface area contributed by atoms with Crippen LogP contribution in [0.25, 0.3) is 0 Å². The first kappa shape index (κ1) is 23.3. The molecule has 1 aliphatic heterocycles. The Morgan fingerprint density at radius 3 is 2.42 bits per heavy atom. The molecule has 0 aromatic heterocycles. The number of hydrogen-bond acceptors (Lipinski definition) is 3. The average molecular weight is 488 g/mol. The molecular weight excluding hydrogens is 458 g/mol. The van der Waals surface area contributed by atoms with Crippen molar-refractivity contribution < 1.29 is 19.4 Å². The summed E-state index contributed by atoms with van der Waals surface area (Å²) in [5.41, 5.74) is 1.42. The van der Waals surface area contributed by atoms with Gasteiger partial charge in [-0.3, -0.25) is 9.69 Å². The van der Waals surface area contributed by atoms with E-state index in [-0.39, 0.29) is 23.7 Å². The minimum absolute atomic E-state index is 0.0990. The van der Waals surface area contributed by atoms with Gasteiger partial charge in [-0.2, -0.15) is 0 Å². The summed E-state index contributed by atoms with van der Waals surface area (Å²) >= 11 is 3.47. The molecule has 6 heteroatoms. The molecule has 1 unspecified atom stereocenters. The lowest BCUT2D eigenvalue weighted by Gasteiger charge is -2.36. The van der Waals surface area contributed by atoms with Gasteiger partial charge in [-0.25, -0.2) is 4.79 Å². The molecule has 5 nitrogen and oxygen atoms in total. The number of carboxylic acid groups (broad SMARTS) is 1. The lowest BCUT2D eigenvalue weighted by molar-refractivity contribution is -0.143. The number of ether oxygens (including phenoxy) is 1. The summed E-state index contributed by atoms with van der Waals surface area (Å²) in [5.74, 6) is -0.594. The van der Waals surface area contributed by atoms with Gasteiger partial charge in [-0.05, 0) is 59.2 Å². The van der Waals surface area contributed by atoms with Gasteiger partial charge in [0.2, 0.25) is 0 Å². The Kier molecular flexibility index (Phi) is 6.25. The maximum absolute atomic E-state index is 13.8. The van der Waals surface area contributed by atoms with Gasteiger partial charge in [0.1, 0.15) is 11.3 Å². The fourth-order valence-electron chi connectivity index (χ4n) is 4.51. The van der Waals surface area contributed by atoms with Gasteiger partial charge in [0.05, 0.1) is 7.11 Å². The average Bonchev–Trinajstić information content (AvgIpc) is 2.99. The molecule has 0 fully saturated rings. The second-order valence-electron chi connectivity index (χ2n) is 9.69. The van der Waals surface area contributed by atoms with Crippen molar-refractivity contribution in [3.63, 3.8) is 0 Å². The fourth-order valence-corrected chi connectivity index (χ4v) is 4.92. The number of hydrogen-bond donors (Lipinski definition) is 1. The van der Waals surface area contributed by atoms with Gasteiger partial charge < -0.3 is 9.84 Å². The number of halogens is 1. The molecule has 166 valence electrons. The first-order valence-electron chi connectivity index (χ1n) is 10.5. The Bertz CT molecular complexity index is 1020. The molecule has 0 aliphatic carbocycles. The monoisotopic (exact) mass is 487 g/mol. The lowest BCUT2D eigenvalue weighted by Crippen LogP contribution is -2.56. The third-order valence-corrected chi connectivity index (χ3v) is 6.29. The predicted octanol–water partition coefficient (Wildman–Crippen LogP) is 5.83. The number of nitrogens with zero attached hydrogens (tertiary/aromatic N) is 1. The first-order chi connectivity index (χ1) is 14.4. The first-order valence-corrected chi connectivity index (χ1v) is 11.2. The summed E-state index contributed by atoms with van der Waals surface area (Å²) in [5, 5.41) is 10.3. The van der Waals surface area contributed by atoms with E-state index in [2.05, 4.69) is 36.7 Å². The highest BCUT2D eigenvalue weighted by Crippen LogP contribution is 2.45. The summed E-state index contributed by atoms with van der Waals surface area (Å²) < 4.78 is 6.44. The molecule has 2 aromatic carbocycles. The van der Waals surface area contributed by atoms with E-state index in [1.54, 1.807) is 19.2 Å². The van der Waals surface area contributed by atoms with Crippen molar-refractivity contribution in [2.24, 2.45) is 5.92 Å². The molecule has 3 rings (SSSR count). The number of rotatable bonds is 5. The Labute approximate surface area is 192 Å². The molecule has 0 spiro atoms. The second kappa shape index (κ2) is 8.30. The topological polar surface area (TPSA) is 66.8 Å². The highest BCUT2D eigenvalue weighted by atomic mass is 79.9. The van der Waals surface area contributed by atoms with Crippen LogP contribution in [0, 0.1) is 5.92 Å². The van der Waals surface area contributed by atoms with Crippen LogP contribution in [-0.4, -0.2) is 29.6 Å². The van der Waals surface area contributed by atoms with Crippen molar-refractivity contribution >= 4 is 33.5 Å². The summed E-state index contributed by atoms with van der Waals surface area (Å²) in [6, 6.07) is 11.0. The largest absolute Gasteiger partial charge is 0.496 e. The summed E-state index contributed by atoms with van der Waals surface area (Å²) in [4.78, 5) is 27.9. The SMILES string of the molecule is COc1cc(C(=O)N2c3ccc(Br)cc3CC2(CC(C)C)C(=O)O)ccc1C(C)(C)C. The summed E-state index contributed by atoms with van der Waals surface area (Å²) in [6.07, 6.45) is 0.635. The molecule has 0 radical (unpaired) electrons. The summed E-state index contributed by atoms with van der Waals surface area (Å²) in [7, 11) is 1.59. The third-order valence-electron chi connectivity index (χ3n) is 5.80. The van der Waals surface area contributed by atoms with E-state index in [1.165, 1.54) is 4.90 Å². The number of benzene rings is 2. The van der Waals surface area contributed by atoms with Crippen molar-refractivity contribution in [1.29, 1.82) is 0 Å². The third kappa shape index (κ3) is 4.22. The number of carbonyl (C=O) groups excluding carboxylic acids is 1. The highest BCUT2D eigenvalue weighted by molar-refractivity contribution is 9.10. The minimum atomic E-state index is -1.33. The van der Waals surface area contributed by atoms with Crippen LogP contribution in [0.3, 0.4) is 0 Å². The van der Waals surface area contributed by atoms with Crippen LogP contribution < -0.4 is 9.64 Å². The van der Waals surface area contributed by atoms with Crippen LogP contribution in [0.15, 0.2) is 40.9 Å². The van der Waals surface area contributed by atoms with E-state index < -0.39 is 11.5 Å².